The first-order valence-corrected chi connectivity index (χ1v) is 8.83. The molecule has 0 bridgehead atoms. The number of aromatic amines is 1. The van der Waals surface area contributed by atoms with E-state index in [1.165, 1.54) is 33.5 Å². The van der Waals surface area contributed by atoms with Gasteiger partial charge < -0.3 is 14.2 Å². The highest BCUT2D eigenvalue weighted by molar-refractivity contribution is 6.10. The molecule has 0 saturated carbocycles. The van der Waals surface area contributed by atoms with Crippen LogP contribution in [0.15, 0.2) is 47.3 Å². The molecule has 0 aliphatic rings. The average Bonchev–Trinajstić information content (AvgIpc) is 3.08. The molecular formula is C21H19FN2O6. The number of nitrogens with one attached hydrogen (secondary N) is 1. The number of rotatable bonds is 7. The van der Waals surface area contributed by atoms with Crippen LogP contribution >= 0.6 is 0 Å². The summed E-state index contributed by atoms with van der Waals surface area (Å²) in [6.07, 6.45) is -0.382. The zero-order valence-corrected chi connectivity index (χ0v) is 16.5. The number of para-hydroxylation sites is 2. The van der Waals surface area contributed by atoms with Gasteiger partial charge in [-0.25, -0.2) is 9.07 Å². The Hall–Kier alpha value is -3.88. The predicted molar refractivity (Wildman–Crippen MR) is 105 cm³/mol. The lowest BCUT2D eigenvalue weighted by Crippen LogP contribution is -2.22. The number of halogens is 1. The molecule has 0 aliphatic carbocycles. The number of hydrogen-bond acceptors (Lipinski definition) is 6. The van der Waals surface area contributed by atoms with E-state index in [0.29, 0.717) is 11.4 Å². The molecule has 0 radical (unpaired) electrons. The molecule has 0 saturated heterocycles. The number of carbonyl (C=O) groups is 2. The molecule has 1 aromatic heterocycles. The maximum absolute atomic E-state index is 14.5. The van der Waals surface area contributed by atoms with Crippen LogP contribution in [-0.2, 0) is 16.0 Å². The third-order valence-electron chi connectivity index (χ3n) is 4.49. The van der Waals surface area contributed by atoms with Gasteiger partial charge in [0.1, 0.15) is 28.6 Å². The van der Waals surface area contributed by atoms with E-state index in [1.54, 1.807) is 24.3 Å². The number of H-pyrrole nitrogens is 1. The molecule has 9 heteroatoms. The molecule has 3 rings (SSSR count). The van der Waals surface area contributed by atoms with Crippen molar-refractivity contribution in [3.63, 3.8) is 0 Å². The average molecular weight is 414 g/mol. The van der Waals surface area contributed by atoms with E-state index in [2.05, 4.69) is 9.84 Å². The van der Waals surface area contributed by atoms with Gasteiger partial charge in [-0.2, -0.15) is 0 Å². The second-order valence-corrected chi connectivity index (χ2v) is 6.21. The Balaban J connectivity index is 2.20. The Morgan fingerprint density at radius 1 is 1.07 bits per heavy atom. The van der Waals surface area contributed by atoms with E-state index >= 15 is 0 Å². The standard InChI is InChI=1S/C21H19FN2O6/c1-28-12-8-9-13(14(22)10-12)20(26)19-15(11-18(25)30-3)23-24(21(19)27)16-6-4-5-7-17(16)29-2/h4-10,23H,11H2,1-3H3. The number of aromatic nitrogens is 2. The van der Waals surface area contributed by atoms with Crippen LogP contribution < -0.4 is 15.0 Å². The number of methoxy groups -OCH3 is 3. The zero-order chi connectivity index (χ0) is 21.8. The van der Waals surface area contributed by atoms with Crippen LogP contribution in [0, 0.1) is 5.82 Å². The highest BCUT2D eigenvalue weighted by atomic mass is 19.1. The smallest absolute Gasteiger partial charge is 0.311 e. The molecule has 0 aliphatic heterocycles. The highest BCUT2D eigenvalue weighted by Gasteiger charge is 2.27. The van der Waals surface area contributed by atoms with Gasteiger partial charge in [0.05, 0.1) is 39.0 Å². The van der Waals surface area contributed by atoms with Crippen LogP contribution in [0.3, 0.4) is 0 Å². The fourth-order valence-electron chi connectivity index (χ4n) is 2.99. The largest absolute Gasteiger partial charge is 0.497 e. The van der Waals surface area contributed by atoms with Crippen molar-refractivity contribution in [2.45, 2.75) is 6.42 Å². The third kappa shape index (κ3) is 3.82. The third-order valence-corrected chi connectivity index (χ3v) is 4.49. The number of nitrogens with zero attached hydrogens (tertiary/aromatic N) is 1. The van der Waals surface area contributed by atoms with E-state index in [0.717, 1.165) is 10.7 Å². The number of benzene rings is 2. The van der Waals surface area contributed by atoms with Gasteiger partial charge in [-0.3, -0.25) is 19.5 Å². The monoisotopic (exact) mass is 414 g/mol. The van der Waals surface area contributed by atoms with Crippen molar-refractivity contribution < 1.29 is 28.2 Å². The SMILES string of the molecule is COC(=O)Cc1[nH]n(-c2ccccc2OC)c(=O)c1C(=O)c1ccc(OC)cc1F. The minimum absolute atomic E-state index is 0.00188. The Morgan fingerprint density at radius 3 is 2.43 bits per heavy atom. The number of ketones is 1. The molecule has 156 valence electrons. The lowest BCUT2D eigenvalue weighted by atomic mass is 10.0. The van der Waals surface area contributed by atoms with Gasteiger partial charge in [0.2, 0.25) is 5.78 Å². The predicted octanol–water partition coefficient (Wildman–Crippen LogP) is 2.27. The number of ether oxygens (including phenoxy) is 3. The molecule has 0 spiro atoms. The molecule has 2 aromatic carbocycles. The molecule has 8 nitrogen and oxygen atoms in total. The first-order chi connectivity index (χ1) is 14.4. The Bertz CT molecular complexity index is 1160. The van der Waals surface area contributed by atoms with Crippen LogP contribution in [0.1, 0.15) is 21.6 Å². The topological polar surface area (TPSA) is 99.6 Å². The van der Waals surface area contributed by atoms with Gasteiger partial charge in [-0.05, 0) is 24.3 Å². The molecule has 0 fully saturated rings. The van der Waals surface area contributed by atoms with Gasteiger partial charge in [-0.15, -0.1) is 0 Å². The molecular weight excluding hydrogens is 395 g/mol. The molecule has 0 amide bonds. The Morgan fingerprint density at radius 2 is 1.80 bits per heavy atom. The number of esters is 1. The molecule has 1 N–H and O–H groups in total. The van der Waals surface area contributed by atoms with E-state index in [4.69, 9.17) is 9.47 Å². The molecule has 0 unspecified atom stereocenters. The normalized spacial score (nSPS) is 10.5. The first kappa shape index (κ1) is 20.8. The second-order valence-electron chi connectivity index (χ2n) is 6.21. The van der Waals surface area contributed by atoms with E-state index in [1.807, 2.05) is 0 Å². The highest BCUT2D eigenvalue weighted by Crippen LogP contribution is 2.23. The van der Waals surface area contributed by atoms with Crippen molar-refractivity contribution in [1.29, 1.82) is 0 Å². The first-order valence-electron chi connectivity index (χ1n) is 8.83. The van der Waals surface area contributed by atoms with Gasteiger partial charge in [0, 0.05) is 6.07 Å². The van der Waals surface area contributed by atoms with E-state index in [-0.39, 0.29) is 29.0 Å². The molecule has 3 aromatic rings. The summed E-state index contributed by atoms with van der Waals surface area (Å²) in [5.74, 6) is -1.82. The van der Waals surface area contributed by atoms with Crippen molar-refractivity contribution in [3.8, 4) is 17.2 Å². The van der Waals surface area contributed by atoms with Crippen LogP contribution in [0.4, 0.5) is 4.39 Å². The number of hydrogen-bond donors (Lipinski definition) is 1. The van der Waals surface area contributed by atoms with Gasteiger partial charge in [-0.1, -0.05) is 12.1 Å². The fraction of sp³-hybridized carbons (Fsp3) is 0.190. The summed E-state index contributed by atoms with van der Waals surface area (Å²) in [6, 6.07) is 10.3. The van der Waals surface area contributed by atoms with Crippen molar-refractivity contribution in [3.05, 3.63) is 75.5 Å². The molecule has 30 heavy (non-hydrogen) atoms. The Kier molecular flexibility index (Phi) is 6.01. The summed E-state index contributed by atoms with van der Waals surface area (Å²) in [7, 11) is 3.98. The van der Waals surface area contributed by atoms with E-state index in [9.17, 15) is 18.8 Å². The van der Waals surface area contributed by atoms with E-state index < -0.39 is 23.1 Å². The van der Waals surface area contributed by atoms with Crippen LogP contribution in [0.2, 0.25) is 0 Å². The van der Waals surface area contributed by atoms with Gasteiger partial charge >= 0.3 is 5.97 Å². The quantitative estimate of drug-likeness (QED) is 0.470. The van der Waals surface area contributed by atoms with Gasteiger partial charge in [0.25, 0.3) is 5.56 Å². The summed E-state index contributed by atoms with van der Waals surface area (Å²) in [6.45, 7) is 0. The summed E-state index contributed by atoms with van der Waals surface area (Å²) in [5, 5.41) is 2.75. The summed E-state index contributed by atoms with van der Waals surface area (Å²) in [4.78, 5) is 38.1. The maximum Gasteiger partial charge on any atom is 0.311 e. The lowest BCUT2D eigenvalue weighted by Gasteiger charge is -2.07. The Labute approximate surface area is 170 Å². The van der Waals surface area contributed by atoms with Crippen LogP contribution in [0.25, 0.3) is 5.69 Å². The molecule has 0 atom stereocenters. The maximum atomic E-state index is 14.5. The zero-order valence-electron chi connectivity index (χ0n) is 16.5. The van der Waals surface area contributed by atoms with Gasteiger partial charge in [0.15, 0.2) is 0 Å². The minimum Gasteiger partial charge on any atom is -0.497 e. The summed E-state index contributed by atoms with van der Waals surface area (Å²) >= 11 is 0. The number of carbonyl (C=O) groups excluding carboxylic acids is 2. The van der Waals surface area contributed by atoms with Crippen LogP contribution in [0.5, 0.6) is 11.5 Å². The van der Waals surface area contributed by atoms with Crippen molar-refractivity contribution in [1.82, 2.24) is 9.78 Å². The van der Waals surface area contributed by atoms with Crippen molar-refractivity contribution in [2.24, 2.45) is 0 Å². The lowest BCUT2D eigenvalue weighted by molar-refractivity contribution is -0.139. The van der Waals surface area contributed by atoms with Crippen molar-refractivity contribution >= 4 is 11.8 Å². The second kappa shape index (κ2) is 8.64. The fourth-order valence-corrected chi connectivity index (χ4v) is 2.99. The molecule has 1 heterocycles. The van der Waals surface area contributed by atoms with Crippen molar-refractivity contribution in [2.75, 3.05) is 21.3 Å². The summed E-state index contributed by atoms with van der Waals surface area (Å²) in [5.41, 5.74) is -1.12. The minimum atomic E-state index is -0.871. The summed E-state index contributed by atoms with van der Waals surface area (Å²) < 4.78 is 30.4. The van der Waals surface area contributed by atoms with Crippen LogP contribution in [-0.4, -0.2) is 42.9 Å².